The topological polar surface area (TPSA) is 17.1 Å². The van der Waals surface area contributed by atoms with Gasteiger partial charge in [-0.15, -0.1) is 0 Å². The highest BCUT2D eigenvalue weighted by Crippen LogP contribution is 2.67. The zero-order valence-electron chi connectivity index (χ0n) is 14.9. The van der Waals surface area contributed by atoms with Crippen molar-refractivity contribution in [3.63, 3.8) is 0 Å². The minimum Gasteiger partial charge on any atom is -0.300 e. The van der Waals surface area contributed by atoms with Crippen LogP contribution in [-0.4, -0.2) is 5.78 Å². The maximum Gasteiger partial charge on any atom is 0.133 e. The molecule has 0 spiro atoms. The number of rotatable bonds is 1. The SMILES string of the molecule is CC(=O)[C@@H]1CC[C@@H]2[C@@H]3CC[C@H]4CCCC[C@]4(C)[C@H]3CC[C@]21C. The molecule has 0 radical (unpaired) electrons. The number of carbonyl (C=O) groups excluding carboxylic acids is 1. The Kier molecular flexibility index (Phi) is 3.51. The highest BCUT2D eigenvalue weighted by molar-refractivity contribution is 5.79. The summed E-state index contributed by atoms with van der Waals surface area (Å²) in [5, 5.41) is 0. The summed E-state index contributed by atoms with van der Waals surface area (Å²) in [7, 11) is 0. The Bertz CT molecular complexity index is 469. The fourth-order valence-electron chi connectivity index (χ4n) is 7.96. The molecule has 1 heteroatoms. The maximum absolute atomic E-state index is 12.2. The fourth-order valence-corrected chi connectivity index (χ4v) is 7.96. The van der Waals surface area contributed by atoms with E-state index >= 15 is 0 Å². The molecule has 124 valence electrons. The zero-order valence-corrected chi connectivity index (χ0v) is 14.9. The molecule has 4 rings (SSSR count). The lowest BCUT2D eigenvalue weighted by atomic mass is 9.45. The molecule has 0 heterocycles. The van der Waals surface area contributed by atoms with E-state index < -0.39 is 0 Å². The molecule has 0 N–H and O–H groups in total. The van der Waals surface area contributed by atoms with Gasteiger partial charge in [-0.25, -0.2) is 0 Å². The molecule has 4 fully saturated rings. The normalized spacial score (nSPS) is 54.2. The van der Waals surface area contributed by atoms with E-state index in [1.807, 2.05) is 6.92 Å². The number of Topliss-reactive ketones (excluding diaryl/α,β-unsaturated/α-hetero) is 1. The van der Waals surface area contributed by atoms with E-state index in [1.165, 1.54) is 64.2 Å². The Morgan fingerprint density at radius 2 is 1.59 bits per heavy atom. The number of hydrogen-bond acceptors (Lipinski definition) is 1. The molecule has 4 aliphatic carbocycles. The second-order valence-corrected chi connectivity index (χ2v) is 9.69. The molecule has 7 atom stereocenters. The van der Waals surface area contributed by atoms with Crippen molar-refractivity contribution in [3.8, 4) is 0 Å². The molecular weight excluding hydrogens is 268 g/mol. The lowest BCUT2D eigenvalue weighted by Crippen LogP contribution is -2.53. The van der Waals surface area contributed by atoms with Gasteiger partial charge in [-0.05, 0) is 92.8 Å². The predicted octanol–water partition coefficient (Wildman–Crippen LogP) is 5.62. The summed E-state index contributed by atoms with van der Waals surface area (Å²) in [6.07, 6.45) is 14.1. The van der Waals surface area contributed by atoms with Crippen LogP contribution in [0, 0.1) is 40.4 Å². The summed E-state index contributed by atoms with van der Waals surface area (Å²) in [5.74, 6) is 4.60. The Hall–Kier alpha value is -0.330. The highest BCUT2D eigenvalue weighted by Gasteiger charge is 2.60. The Balaban J connectivity index is 1.63. The van der Waals surface area contributed by atoms with Gasteiger partial charge in [0.2, 0.25) is 0 Å². The average Bonchev–Trinajstić information content (AvgIpc) is 2.84. The van der Waals surface area contributed by atoms with Crippen LogP contribution in [0.2, 0.25) is 0 Å². The maximum atomic E-state index is 12.2. The van der Waals surface area contributed by atoms with Crippen molar-refractivity contribution in [2.45, 2.75) is 85.0 Å². The van der Waals surface area contributed by atoms with Gasteiger partial charge in [-0.2, -0.15) is 0 Å². The van der Waals surface area contributed by atoms with Gasteiger partial charge in [-0.1, -0.05) is 26.7 Å². The monoisotopic (exact) mass is 302 g/mol. The molecule has 0 unspecified atom stereocenters. The molecule has 22 heavy (non-hydrogen) atoms. The van der Waals surface area contributed by atoms with Crippen molar-refractivity contribution >= 4 is 5.78 Å². The van der Waals surface area contributed by atoms with E-state index in [0.29, 0.717) is 22.5 Å². The van der Waals surface area contributed by atoms with Crippen LogP contribution >= 0.6 is 0 Å². The first-order valence-corrected chi connectivity index (χ1v) is 9.97. The van der Waals surface area contributed by atoms with Gasteiger partial charge in [0.05, 0.1) is 0 Å². The van der Waals surface area contributed by atoms with Gasteiger partial charge in [0.1, 0.15) is 5.78 Å². The molecular formula is C21H34O. The van der Waals surface area contributed by atoms with E-state index in [1.54, 1.807) is 0 Å². The number of carbonyl (C=O) groups is 1. The summed E-state index contributed by atoms with van der Waals surface area (Å²) >= 11 is 0. The summed E-state index contributed by atoms with van der Waals surface area (Å²) < 4.78 is 0. The summed E-state index contributed by atoms with van der Waals surface area (Å²) in [5.41, 5.74) is 0.974. The van der Waals surface area contributed by atoms with Crippen LogP contribution in [0.1, 0.15) is 85.0 Å². The molecule has 4 saturated carbocycles. The van der Waals surface area contributed by atoms with Crippen LogP contribution in [0.4, 0.5) is 0 Å². The minimum absolute atomic E-state index is 0.338. The first kappa shape index (κ1) is 15.2. The highest BCUT2D eigenvalue weighted by atomic mass is 16.1. The largest absolute Gasteiger partial charge is 0.300 e. The van der Waals surface area contributed by atoms with Crippen molar-refractivity contribution < 1.29 is 4.79 Å². The lowest BCUT2D eigenvalue weighted by Gasteiger charge is -2.60. The minimum atomic E-state index is 0.338. The quantitative estimate of drug-likeness (QED) is 0.614. The first-order chi connectivity index (χ1) is 10.5. The smallest absolute Gasteiger partial charge is 0.133 e. The first-order valence-electron chi connectivity index (χ1n) is 9.97. The van der Waals surface area contributed by atoms with Crippen molar-refractivity contribution in [3.05, 3.63) is 0 Å². The van der Waals surface area contributed by atoms with Crippen LogP contribution in [-0.2, 0) is 4.79 Å². The molecule has 4 aliphatic rings. The third-order valence-electron chi connectivity index (χ3n) is 9.07. The second kappa shape index (κ2) is 5.08. The van der Waals surface area contributed by atoms with E-state index in [-0.39, 0.29) is 0 Å². The Labute approximate surface area is 136 Å². The molecule has 0 bridgehead atoms. The van der Waals surface area contributed by atoms with Crippen LogP contribution in [0.15, 0.2) is 0 Å². The fraction of sp³-hybridized carbons (Fsp3) is 0.952. The molecule has 0 aromatic rings. The standard InChI is InChI=1S/C21H34O/c1-14(22)17-9-10-18-16-8-7-15-6-4-5-12-20(15,2)19(16)11-13-21(17,18)3/h15-19H,4-13H2,1-3H3/t15-,16+,17+,18-,19+,20+,21+/m1/s1. The molecule has 0 aromatic heterocycles. The van der Waals surface area contributed by atoms with Crippen LogP contribution in [0.5, 0.6) is 0 Å². The van der Waals surface area contributed by atoms with Crippen molar-refractivity contribution in [2.24, 2.45) is 40.4 Å². The number of fused-ring (bicyclic) bond motifs is 5. The Morgan fingerprint density at radius 3 is 2.36 bits per heavy atom. The summed E-state index contributed by atoms with van der Waals surface area (Å²) in [4.78, 5) is 12.2. The van der Waals surface area contributed by atoms with Gasteiger partial charge in [0, 0.05) is 5.92 Å². The molecule has 1 nitrogen and oxygen atoms in total. The van der Waals surface area contributed by atoms with Crippen LogP contribution < -0.4 is 0 Å². The van der Waals surface area contributed by atoms with Gasteiger partial charge in [-0.3, -0.25) is 4.79 Å². The number of ketones is 1. The van der Waals surface area contributed by atoms with Crippen molar-refractivity contribution in [1.29, 1.82) is 0 Å². The van der Waals surface area contributed by atoms with Gasteiger partial charge in [0.15, 0.2) is 0 Å². The van der Waals surface area contributed by atoms with E-state index in [2.05, 4.69) is 13.8 Å². The van der Waals surface area contributed by atoms with Gasteiger partial charge >= 0.3 is 0 Å². The molecule has 0 aliphatic heterocycles. The van der Waals surface area contributed by atoms with E-state index in [0.717, 1.165) is 23.7 Å². The molecule has 0 saturated heterocycles. The zero-order chi connectivity index (χ0) is 15.5. The van der Waals surface area contributed by atoms with E-state index in [4.69, 9.17) is 0 Å². The average molecular weight is 303 g/mol. The van der Waals surface area contributed by atoms with Crippen molar-refractivity contribution in [1.82, 2.24) is 0 Å². The van der Waals surface area contributed by atoms with Crippen molar-refractivity contribution in [2.75, 3.05) is 0 Å². The second-order valence-electron chi connectivity index (χ2n) is 9.69. The third kappa shape index (κ3) is 1.93. The molecule has 0 aromatic carbocycles. The van der Waals surface area contributed by atoms with Gasteiger partial charge in [0.25, 0.3) is 0 Å². The third-order valence-corrected chi connectivity index (χ3v) is 9.07. The van der Waals surface area contributed by atoms with Crippen LogP contribution in [0.25, 0.3) is 0 Å². The van der Waals surface area contributed by atoms with E-state index in [9.17, 15) is 4.79 Å². The summed E-state index contributed by atoms with van der Waals surface area (Å²) in [6, 6.07) is 0. The van der Waals surface area contributed by atoms with Gasteiger partial charge < -0.3 is 0 Å². The lowest BCUT2D eigenvalue weighted by molar-refractivity contribution is -0.133. The predicted molar refractivity (Wildman–Crippen MR) is 90.5 cm³/mol. The summed E-state index contributed by atoms with van der Waals surface area (Å²) in [6.45, 7) is 6.97. The molecule has 0 amide bonds. The number of hydrogen-bond donors (Lipinski definition) is 0. The Morgan fingerprint density at radius 1 is 0.818 bits per heavy atom. The van der Waals surface area contributed by atoms with Crippen LogP contribution in [0.3, 0.4) is 0 Å².